The first-order valence-corrected chi connectivity index (χ1v) is 15.4. The molecule has 13 heteroatoms. The van der Waals surface area contributed by atoms with Crippen LogP contribution in [0.5, 0.6) is 5.75 Å². The average molecular weight is 641 g/mol. The van der Waals surface area contributed by atoms with Crippen LogP contribution >= 0.6 is 11.8 Å². The summed E-state index contributed by atoms with van der Waals surface area (Å²) in [6, 6.07) is 17.8. The SMILES string of the molecule is CCCc1ccc(C)cc1N1C(=O)CSC1NC(=O)NC(C)Cc1ccc(C(=N)/N=C\Nc2ccc(OC(F)(F)F)cc2)cc1. The van der Waals surface area contributed by atoms with Gasteiger partial charge in [0.15, 0.2) is 11.3 Å². The fourth-order valence-corrected chi connectivity index (χ4v) is 5.76. The van der Waals surface area contributed by atoms with E-state index in [2.05, 4.69) is 32.6 Å². The Morgan fingerprint density at radius 1 is 1.16 bits per heavy atom. The summed E-state index contributed by atoms with van der Waals surface area (Å²) in [5.74, 6) is -0.103. The first kappa shape index (κ1) is 33.4. The molecule has 0 saturated carbocycles. The maximum absolute atomic E-state index is 12.9. The van der Waals surface area contributed by atoms with Crippen LogP contribution in [-0.2, 0) is 17.6 Å². The highest BCUT2D eigenvalue weighted by Gasteiger charge is 2.35. The first-order chi connectivity index (χ1) is 21.4. The molecule has 0 spiro atoms. The summed E-state index contributed by atoms with van der Waals surface area (Å²) >= 11 is 1.38. The number of halogens is 3. The number of carbonyl (C=O) groups is 2. The molecule has 1 saturated heterocycles. The monoisotopic (exact) mass is 640 g/mol. The fraction of sp³-hybridized carbons (Fsp3) is 0.312. The van der Waals surface area contributed by atoms with E-state index in [9.17, 15) is 22.8 Å². The number of aliphatic imine (C=N–C) groups is 1. The van der Waals surface area contributed by atoms with E-state index in [1.807, 2.05) is 44.2 Å². The van der Waals surface area contributed by atoms with E-state index >= 15 is 0 Å². The molecule has 0 radical (unpaired) electrons. The molecule has 238 valence electrons. The number of hydrogen-bond acceptors (Lipinski definition) is 5. The van der Waals surface area contributed by atoms with E-state index < -0.39 is 11.9 Å². The van der Waals surface area contributed by atoms with Crippen molar-refractivity contribution in [1.82, 2.24) is 10.6 Å². The van der Waals surface area contributed by atoms with Crippen molar-refractivity contribution in [2.75, 3.05) is 16.0 Å². The number of aryl methyl sites for hydroxylation is 2. The van der Waals surface area contributed by atoms with Crippen LogP contribution < -0.4 is 25.6 Å². The third-order valence-electron chi connectivity index (χ3n) is 6.80. The summed E-state index contributed by atoms with van der Waals surface area (Å²) in [4.78, 5) is 31.4. The highest BCUT2D eigenvalue weighted by atomic mass is 32.2. The lowest BCUT2D eigenvalue weighted by molar-refractivity contribution is -0.274. The molecule has 3 amide bonds. The van der Waals surface area contributed by atoms with Crippen molar-refractivity contribution in [2.24, 2.45) is 4.99 Å². The zero-order chi connectivity index (χ0) is 32.6. The molecule has 0 aromatic heterocycles. The summed E-state index contributed by atoms with van der Waals surface area (Å²) < 4.78 is 40.7. The van der Waals surface area contributed by atoms with Crippen molar-refractivity contribution >= 4 is 47.2 Å². The topological polar surface area (TPSA) is 119 Å². The van der Waals surface area contributed by atoms with Crippen molar-refractivity contribution in [2.45, 2.75) is 57.9 Å². The molecule has 3 aromatic carbocycles. The standard InChI is InChI=1S/C32H35F3N6O3S/c1-4-5-23-9-6-20(2)16-27(23)41-28(42)18-45-31(41)40-30(43)39-21(3)17-22-7-10-24(11-8-22)29(36)38-19-37-25-12-14-26(15-13-25)44-32(33,34)35/h6-16,19,21,31H,4-5,17-18H2,1-3H3,(H2,36,37,38)(H2,39,40,43). The molecule has 1 aliphatic rings. The number of anilines is 2. The number of nitrogens with zero attached hydrogens (tertiary/aromatic N) is 2. The van der Waals surface area contributed by atoms with E-state index in [1.165, 1.54) is 42.4 Å². The van der Waals surface area contributed by atoms with Crippen LogP contribution in [0.15, 0.2) is 71.7 Å². The molecule has 45 heavy (non-hydrogen) atoms. The highest BCUT2D eigenvalue weighted by molar-refractivity contribution is 8.01. The molecule has 4 rings (SSSR count). The van der Waals surface area contributed by atoms with Gasteiger partial charge in [-0.3, -0.25) is 15.1 Å². The number of amidine groups is 1. The minimum absolute atomic E-state index is 0.0134. The van der Waals surface area contributed by atoms with Crippen molar-refractivity contribution < 1.29 is 27.5 Å². The van der Waals surface area contributed by atoms with Crippen LogP contribution in [0, 0.1) is 12.3 Å². The Bertz CT molecular complexity index is 1530. The molecule has 4 N–H and O–H groups in total. The van der Waals surface area contributed by atoms with Crippen LogP contribution in [0.1, 0.15) is 42.5 Å². The predicted octanol–water partition coefficient (Wildman–Crippen LogP) is 6.61. The van der Waals surface area contributed by atoms with Crippen LogP contribution in [-0.4, -0.2) is 47.8 Å². The third kappa shape index (κ3) is 9.73. The molecule has 0 bridgehead atoms. The normalized spacial score (nSPS) is 15.6. The van der Waals surface area contributed by atoms with E-state index in [0.717, 1.165) is 35.2 Å². The van der Waals surface area contributed by atoms with E-state index in [4.69, 9.17) is 5.41 Å². The van der Waals surface area contributed by atoms with Crippen molar-refractivity contribution in [3.63, 3.8) is 0 Å². The Hall–Kier alpha value is -4.52. The Kier molecular flexibility index (Phi) is 11.1. The Morgan fingerprint density at radius 2 is 1.87 bits per heavy atom. The van der Waals surface area contributed by atoms with Gasteiger partial charge in [0.2, 0.25) is 5.91 Å². The number of benzene rings is 3. The first-order valence-electron chi connectivity index (χ1n) is 14.3. The summed E-state index contributed by atoms with van der Waals surface area (Å²) in [6.07, 6.45) is -1.16. The molecule has 0 aliphatic carbocycles. The van der Waals surface area contributed by atoms with Gasteiger partial charge in [-0.2, -0.15) is 0 Å². The van der Waals surface area contributed by atoms with Crippen LogP contribution in [0.4, 0.5) is 29.3 Å². The summed E-state index contributed by atoms with van der Waals surface area (Å²) in [6.45, 7) is 5.96. The summed E-state index contributed by atoms with van der Waals surface area (Å²) in [5, 5.41) is 16.9. The second-order valence-electron chi connectivity index (χ2n) is 10.6. The number of amides is 3. The maximum Gasteiger partial charge on any atom is 0.573 e. The number of nitrogens with one attached hydrogen (secondary N) is 4. The largest absolute Gasteiger partial charge is 0.573 e. The van der Waals surface area contributed by atoms with Gasteiger partial charge in [0.25, 0.3) is 0 Å². The van der Waals surface area contributed by atoms with Gasteiger partial charge in [0.05, 0.1) is 17.8 Å². The van der Waals surface area contributed by atoms with Gasteiger partial charge in [-0.15, -0.1) is 24.9 Å². The van der Waals surface area contributed by atoms with Gasteiger partial charge in [0, 0.05) is 17.3 Å². The van der Waals surface area contributed by atoms with Crippen LogP contribution in [0.25, 0.3) is 0 Å². The minimum Gasteiger partial charge on any atom is -0.406 e. The van der Waals surface area contributed by atoms with Crippen molar-refractivity contribution in [3.8, 4) is 5.75 Å². The van der Waals surface area contributed by atoms with Crippen LogP contribution in [0.3, 0.4) is 0 Å². The second kappa shape index (κ2) is 15.0. The molecule has 1 fully saturated rings. The average Bonchev–Trinajstić information content (AvgIpc) is 3.33. The van der Waals surface area contributed by atoms with Gasteiger partial charge in [-0.05, 0) is 73.7 Å². The van der Waals surface area contributed by atoms with E-state index in [0.29, 0.717) is 17.7 Å². The fourth-order valence-electron chi connectivity index (χ4n) is 4.75. The second-order valence-corrected chi connectivity index (χ2v) is 11.6. The quantitative estimate of drug-likeness (QED) is 0.139. The Morgan fingerprint density at radius 3 is 2.53 bits per heavy atom. The molecule has 2 unspecified atom stereocenters. The number of hydrogen-bond donors (Lipinski definition) is 4. The summed E-state index contributed by atoms with van der Waals surface area (Å²) in [5.41, 5.74) is 4.43. The molecule has 1 aliphatic heterocycles. The number of carbonyl (C=O) groups excluding carboxylic acids is 2. The molecular formula is C32H35F3N6O3S. The number of ether oxygens (including phenoxy) is 1. The van der Waals surface area contributed by atoms with E-state index in [1.54, 1.807) is 17.0 Å². The van der Waals surface area contributed by atoms with E-state index in [-0.39, 0.29) is 35.3 Å². The zero-order valence-corrected chi connectivity index (χ0v) is 25.9. The number of urea groups is 1. The van der Waals surface area contributed by atoms with Crippen molar-refractivity contribution in [1.29, 1.82) is 5.41 Å². The number of thioether (sulfide) groups is 1. The highest BCUT2D eigenvalue weighted by Crippen LogP contribution is 2.33. The summed E-state index contributed by atoms with van der Waals surface area (Å²) in [7, 11) is 0. The number of alkyl halides is 3. The molecule has 2 atom stereocenters. The Labute approximate surface area is 264 Å². The lowest BCUT2D eigenvalue weighted by Gasteiger charge is -2.28. The lowest BCUT2D eigenvalue weighted by atomic mass is 10.0. The van der Waals surface area contributed by atoms with Crippen LogP contribution in [0.2, 0.25) is 0 Å². The predicted molar refractivity (Wildman–Crippen MR) is 172 cm³/mol. The van der Waals surface area contributed by atoms with Gasteiger partial charge in [-0.1, -0.05) is 49.7 Å². The van der Waals surface area contributed by atoms with Gasteiger partial charge >= 0.3 is 12.4 Å². The van der Waals surface area contributed by atoms with Gasteiger partial charge < -0.3 is 20.7 Å². The maximum atomic E-state index is 12.9. The zero-order valence-electron chi connectivity index (χ0n) is 25.1. The molecule has 9 nitrogen and oxygen atoms in total. The Balaban J connectivity index is 1.27. The van der Waals surface area contributed by atoms with Gasteiger partial charge in [-0.25, -0.2) is 9.79 Å². The minimum atomic E-state index is -4.76. The lowest BCUT2D eigenvalue weighted by Crippen LogP contribution is -2.50. The third-order valence-corrected chi connectivity index (χ3v) is 7.86. The molecule has 3 aromatic rings. The van der Waals surface area contributed by atoms with Crippen molar-refractivity contribution in [3.05, 3.63) is 89.0 Å². The van der Waals surface area contributed by atoms with Gasteiger partial charge in [0.1, 0.15) is 5.75 Å². The number of rotatable bonds is 11. The molecular weight excluding hydrogens is 605 g/mol. The molecule has 1 heterocycles. The smallest absolute Gasteiger partial charge is 0.406 e.